The number of hydrogen-bond donors (Lipinski definition) is 0. The highest BCUT2D eigenvalue weighted by atomic mass is 19.1. The van der Waals surface area contributed by atoms with Crippen LogP contribution in [-0.4, -0.2) is 9.13 Å². The van der Waals surface area contributed by atoms with E-state index in [-0.39, 0.29) is 22.4 Å². The maximum Gasteiger partial charge on any atom is 0.150 e. The second kappa shape index (κ2) is 8.78. The molecular formula is C34H17F2N5. The van der Waals surface area contributed by atoms with E-state index in [0.29, 0.717) is 11.3 Å². The Hall–Kier alpha value is -5.97. The maximum atomic E-state index is 15.4. The van der Waals surface area contributed by atoms with E-state index in [2.05, 4.69) is 12.1 Å². The van der Waals surface area contributed by atoms with Gasteiger partial charge in [-0.05, 0) is 55.0 Å². The Bertz CT molecular complexity index is 2330. The third-order valence-corrected chi connectivity index (χ3v) is 7.61. The molecule has 0 saturated heterocycles. The summed E-state index contributed by atoms with van der Waals surface area (Å²) < 4.78 is 33.2. The summed E-state index contributed by atoms with van der Waals surface area (Å²) in [6.45, 7) is 1.68. The summed E-state index contributed by atoms with van der Waals surface area (Å²) >= 11 is 0. The van der Waals surface area contributed by atoms with Crippen LogP contribution in [0.4, 0.5) is 8.78 Å². The first-order valence-corrected chi connectivity index (χ1v) is 12.8. The van der Waals surface area contributed by atoms with Gasteiger partial charge in [0.15, 0.2) is 0 Å². The van der Waals surface area contributed by atoms with E-state index in [0.717, 1.165) is 49.7 Å². The van der Waals surface area contributed by atoms with Crippen LogP contribution in [-0.2, 0) is 0 Å². The topological polar surface area (TPSA) is 81.2 Å². The summed E-state index contributed by atoms with van der Waals surface area (Å²) in [5.41, 5.74) is 4.76. The van der Waals surface area contributed by atoms with E-state index < -0.39 is 11.6 Å². The predicted octanol–water partition coefficient (Wildman–Crippen LogP) is 8.08. The second-order valence-electron chi connectivity index (χ2n) is 9.90. The summed E-state index contributed by atoms with van der Waals surface area (Å²) in [6.07, 6.45) is 0. The number of fused-ring (bicyclic) bond motifs is 6. The van der Waals surface area contributed by atoms with Gasteiger partial charge in [0.25, 0.3) is 0 Å². The quantitative estimate of drug-likeness (QED) is 0.225. The smallest absolute Gasteiger partial charge is 0.150 e. The van der Waals surface area contributed by atoms with E-state index in [1.165, 1.54) is 18.2 Å². The largest absolute Gasteiger partial charge is 0.307 e. The zero-order valence-electron chi connectivity index (χ0n) is 21.6. The molecule has 0 atom stereocenters. The number of aryl methyl sites for hydroxylation is 1. The number of nitriles is 3. The molecule has 2 aromatic heterocycles. The van der Waals surface area contributed by atoms with Crippen molar-refractivity contribution in [1.82, 2.24) is 9.13 Å². The SMILES string of the molecule is Cc1cc(F)cc(F)c1-n1c2ccccc2c2cc3c(cc21)c1ccccc1n3-c1c(C#N)cc(C#N)cc1C#N. The lowest BCUT2D eigenvalue weighted by Gasteiger charge is -2.13. The van der Waals surface area contributed by atoms with Gasteiger partial charge in [0.05, 0.1) is 56.2 Å². The molecule has 0 aliphatic heterocycles. The minimum Gasteiger partial charge on any atom is -0.307 e. The average Bonchev–Trinajstić information content (AvgIpc) is 3.47. The number of para-hydroxylation sites is 2. The third kappa shape index (κ3) is 3.35. The molecular weight excluding hydrogens is 516 g/mol. The fraction of sp³-hybridized carbons (Fsp3) is 0.0294. The van der Waals surface area contributed by atoms with Crippen LogP contribution in [0.2, 0.25) is 0 Å². The highest BCUT2D eigenvalue weighted by Crippen LogP contribution is 2.41. The van der Waals surface area contributed by atoms with Crippen LogP contribution in [0.25, 0.3) is 55.0 Å². The van der Waals surface area contributed by atoms with Crippen molar-refractivity contribution in [1.29, 1.82) is 15.8 Å². The summed E-state index contributed by atoms with van der Waals surface area (Å²) in [7, 11) is 0. The molecule has 0 amide bonds. The highest BCUT2D eigenvalue weighted by molar-refractivity contribution is 6.19. The molecule has 0 saturated carbocycles. The summed E-state index contributed by atoms with van der Waals surface area (Å²) in [5, 5.41) is 33.0. The van der Waals surface area contributed by atoms with Crippen LogP contribution in [0, 0.1) is 52.6 Å². The molecule has 0 bridgehead atoms. The maximum absolute atomic E-state index is 15.4. The molecule has 7 rings (SSSR count). The molecule has 192 valence electrons. The molecule has 0 N–H and O–H groups in total. The van der Waals surface area contributed by atoms with Crippen molar-refractivity contribution in [3.05, 3.63) is 119 Å². The van der Waals surface area contributed by atoms with Crippen molar-refractivity contribution in [2.75, 3.05) is 0 Å². The van der Waals surface area contributed by atoms with Gasteiger partial charge in [-0.25, -0.2) is 8.78 Å². The monoisotopic (exact) mass is 533 g/mol. The number of benzene rings is 5. The Morgan fingerprint density at radius 2 is 1.07 bits per heavy atom. The third-order valence-electron chi connectivity index (χ3n) is 7.61. The van der Waals surface area contributed by atoms with Crippen molar-refractivity contribution in [3.8, 4) is 29.6 Å². The number of aromatic nitrogens is 2. The Kier molecular flexibility index (Phi) is 5.16. The van der Waals surface area contributed by atoms with E-state index >= 15 is 4.39 Å². The number of halogens is 2. The zero-order chi connectivity index (χ0) is 28.4. The van der Waals surface area contributed by atoms with Crippen LogP contribution in [0.3, 0.4) is 0 Å². The molecule has 2 heterocycles. The molecule has 0 unspecified atom stereocenters. The van der Waals surface area contributed by atoms with Crippen molar-refractivity contribution in [2.45, 2.75) is 6.92 Å². The first kappa shape index (κ1) is 24.1. The van der Waals surface area contributed by atoms with Gasteiger partial charge in [-0.2, -0.15) is 15.8 Å². The Balaban J connectivity index is 1.70. The highest BCUT2D eigenvalue weighted by Gasteiger charge is 2.23. The molecule has 0 spiro atoms. The number of nitrogens with zero attached hydrogens (tertiary/aromatic N) is 5. The molecule has 5 nitrogen and oxygen atoms in total. The van der Waals surface area contributed by atoms with Crippen LogP contribution < -0.4 is 0 Å². The zero-order valence-corrected chi connectivity index (χ0v) is 21.6. The van der Waals surface area contributed by atoms with Gasteiger partial charge in [-0.3, -0.25) is 0 Å². The van der Waals surface area contributed by atoms with Crippen molar-refractivity contribution >= 4 is 43.6 Å². The Morgan fingerprint density at radius 1 is 0.561 bits per heavy atom. The van der Waals surface area contributed by atoms with Crippen molar-refractivity contribution in [2.24, 2.45) is 0 Å². The molecule has 0 aliphatic carbocycles. The van der Waals surface area contributed by atoms with Crippen LogP contribution in [0.5, 0.6) is 0 Å². The van der Waals surface area contributed by atoms with Crippen LogP contribution in [0.15, 0.2) is 84.9 Å². The van der Waals surface area contributed by atoms with Gasteiger partial charge < -0.3 is 9.13 Å². The molecule has 5 aromatic carbocycles. The average molecular weight is 534 g/mol. The van der Waals surface area contributed by atoms with Crippen LogP contribution >= 0.6 is 0 Å². The van der Waals surface area contributed by atoms with Crippen molar-refractivity contribution in [3.63, 3.8) is 0 Å². The summed E-state index contributed by atoms with van der Waals surface area (Å²) in [6, 6.07) is 30.8. The number of hydrogen-bond acceptors (Lipinski definition) is 3. The first-order valence-electron chi connectivity index (χ1n) is 12.8. The fourth-order valence-electron chi connectivity index (χ4n) is 6.00. The Labute approximate surface area is 232 Å². The molecule has 0 fully saturated rings. The van der Waals surface area contributed by atoms with Crippen LogP contribution in [0.1, 0.15) is 22.3 Å². The van der Waals surface area contributed by atoms with Gasteiger partial charge >= 0.3 is 0 Å². The van der Waals surface area contributed by atoms with Gasteiger partial charge in [-0.1, -0.05) is 36.4 Å². The fourth-order valence-corrected chi connectivity index (χ4v) is 6.00. The van der Waals surface area contributed by atoms with E-state index in [9.17, 15) is 20.2 Å². The lowest BCUT2D eigenvalue weighted by molar-refractivity contribution is 0.577. The number of rotatable bonds is 2. The van der Waals surface area contributed by atoms with Gasteiger partial charge in [0, 0.05) is 27.6 Å². The van der Waals surface area contributed by atoms with Crippen molar-refractivity contribution < 1.29 is 8.78 Å². The normalized spacial score (nSPS) is 11.2. The molecule has 0 radical (unpaired) electrons. The van der Waals surface area contributed by atoms with E-state index in [1.807, 2.05) is 75.9 Å². The summed E-state index contributed by atoms with van der Waals surface area (Å²) in [5.74, 6) is -1.30. The lowest BCUT2D eigenvalue weighted by Crippen LogP contribution is -2.03. The van der Waals surface area contributed by atoms with Gasteiger partial charge in [0.1, 0.15) is 23.8 Å². The molecule has 0 aliphatic rings. The molecule has 7 aromatic rings. The first-order chi connectivity index (χ1) is 19.9. The van der Waals surface area contributed by atoms with Gasteiger partial charge in [0.2, 0.25) is 0 Å². The predicted molar refractivity (Wildman–Crippen MR) is 154 cm³/mol. The Morgan fingerprint density at radius 3 is 1.56 bits per heavy atom. The minimum atomic E-state index is -0.664. The van der Waals surface area contributed by atoms with E-state index in [1.54, 1.807) is 6.92 Å². The summed E-state index contributed by atoms with van der Waals surface area (Å²) in [4.78, 5) is 0. The lowest BCUT2D eigenvalue weighted by atomic mass is 10.0. The molecule has 7 heteroatoms. The van der Waals surface area contributed by atoms with Gasteiger partial charge in [-0.15, -0.1) is 0 Å². The van der Waals surface area contributed by atoms with E-state index in [4.69, 9.17) is 0 Å². The minimum absolute atomic E-state index is 0.204. The second-order valence-corrected chi connectivity index (χ2v) is 9.90. The standard InChI is InChI=1S/C34H17F2N5/c1-19-10-23(35)13-28(36)33(19)40-29-8-4-2-6-24(29)26-15-32-27(14-31(26)40)25-7-3-5-9-30(25)41(32)34-21(17-38)11-20(16-37)12-22(34)18-39/h2-15H,1H3. The molecule has 41 heavy (non-hydrogen) atoms.